The number of rotatable bonds is 1. The zero-order chi connectivity index (χ0) is 15.0. The van der Waals surface area contributed by atoms with Gasteiger partial charge in [-0.05, 0) is 40.8 Å². The third kappa shape index (κ3) is 2.62. The van der Waals surface area contributed by atoms with E-state index in [0.717, 1.165) is 3.57 Å². The van der Waals surface area contributed by atoms with Crippen molar-refractivity contribution in [2.45, 2.75) is 0 Å². The molecule has 0 atom stereocenters. The highest BCUT2D eigenvalue weighted by Gasteiger charge is 2.28. The lowest BCUT2D eigenvalue weighted by Gasteiger charge is -2.20. The van der Waals surface area contributed by atoms with Gasteiger partial charge in [-0.25, -0.2) is 9.97 Å². The lowest BCUT2D eigenvalue weighted by Crippen LogP contribution is -2.32. The molecule has 6 nitrogen and oxygen atoms in total. The van der Waals surface area contributed by atoms with Crippen molar-refractivity contribution in [3.63, 3.8) is 0 Å². The second-order valence-electron chi connectivity index (χ2n) is 4.34. The number of nitrogen functional groups attached to an aromatic ring is 1. The molecule has 1 aliphatic rings. The number of carbonyl (C=O) groups excluding carboxylic acids is 1. The number of fused-ring (bicyclic) bond motifs is 1. The van der Waals surface area contributed by atoms with E-state index in [9.17, 15) is 4.79 Å². The molecule has 1 aromatic heterocycles. The lowest BCUT2D eigenvalue weighted by molar-refractivity contribution is 0.0990. The monoisotopic (exact) mass is 416 g/mol. The first-order valence-corrected chi connectivity index (χ1v) is 7.54. The molecular formula is C13H10ClIN4O2. The van der Waals surface area contributed by atoms with Crippen LogP contribution in [0.1, 0.15) is 10.4 Å². The fourth-order valence-electron chi connectivity index (χ4n) is 2.06. The predicted octanol–water partition coefficient (Wildman–Crippen LogP) is 2.36. The summed E-state index contributed by atoms with van der Waals surface area (Å²) in [4.78, 5) is 22.1. The minimum absolute atomic E-state index is 0.105. The Hall–Kier alpha value is -1.61. The summed E-state index contributed by atoms with van der Waals surface area (Å²) in [5, 5.41) is 0.587. The summed E-state index contributed by atoms with van der Waals surface area (Å²) in [6, 6.07) is 5.42. The Bertz CT molecular complexity index is 725. The van der Waals surface area contributed by atoms with Crippen LogP contribution in [0.4, 0.5) is 11.5 Å². The SMILES string of the molecule is Nc1ncnc2c1C(=O)N(c1ccc(I)c(Cl)c1)CCO2. The first-order valence-electron chi connectivity index (χ1n) is 6.08. The van der Waals surface area contributed by atoms with Crippen LogP contribution in [0.5, 0.6) is 5.88 Å². The van der Waals surface area contributed by atoms with Crippen LogP contribution in [-0.2, 0) is 0 Å². The Labute approximate surface area is 139 Å². The topological polar surface area (TPSA) is 81.3 Å². The van der Waals surface area contributed by atoms with E-state index < -0.39 is 0 Å². The molecular weight excluding hydrogens is 407 g/mol. The first kappa shape index (κ1) is 14.3. The quantitative estimate of drug-likeness (QED) is 0.722. The zero-order valence-corrected chi connectivity index (χ0v) is 13.6. The van der Waals surface area contributed by atoms with E-state index >= 15 is 0 Å². The van der Waals surface area contributed by atoms with E-state index in [1.165, 1.54) is 6.33 Å². The van der Waals surface area contributed by atoms with Gasteiger partial charge in [0, 0.05) is 9.26 Å². The third-order valence-electron chi connectivity index (χ3n) is 3.07. The van der Waals surface area contributed by atoms with Gasteiger partial charge >= 0.3 is 0 Å². The minimum atomic E-state index is -0.294. The van der Waals surface area contributed by atoms with Gasteiger partial charge in [0.15, 0.2) is 0 Å². The van der Waals surface area contributed by atoms with Crippen molar-refractivity contribution in [2.24, 2.45) is 0 Å². The molecule has 0 aliphatic carbocycles. The second-order valence-corrected chi connectivity index (χ2v) is 5.91. The molecule has 0 saturated carbocycles. The Balaban J connectivity index is 2.06. The van der Waals surface area contributed by atoms with Gasteiger partial charge in [0.25, 0.3) is 5.91 Å². The maximum absolute atomic E-state index is 12.7. The van der Waals surface area contributed by atoms with Gasteiger partial charge in [-0.1, -0.05) is 11.6 Å². The van der Waals surface area contributed by atoms with Crippen LogP contribution in [0.3, 0.4) is 0 Å². The molecule has 1 aliphatic heterocycles. The average Bonchev–Trinajstić information content (AvgIpc) is 2.62. The summed E-state index contributed by atoms with van der Waals surface area (Å²) in [5.74, 6) is 0.0259. The molecule has 0 bridgehead atoms. The summed E-state index contributed by atoms with van der Waals surface area (Å²) in [5.41, 5.74) is 6.66. The molecule has 0 unspecified atom stereocenters. The number of ether oxygens (including phenoxy) is 1. The van der Waals surface area contributed by atoms with E-state index in [4.69, 9.17) is 22.1 Å². The number of aromatic nitrogens is 2. The van der Waals surface area contributed by atoms with E-state index in [0.29, 0.717) is 23.9 Å². The summed E-state index contributed by atoms with van der Waals surface area (Å²) in [6.07, 6.45) is 1.28. The smallest absolute Gasteiger partial charge is 0.267 e. The highest BCUT2D eigenvalue weighted by molar-refractivity contribution is 14.1. The summed E-state index contributed by atoms with van der Waals surface area (Å²) >= 11 is 8.26. The predicted molar refractivity (Wildman–Crippen MR) is 87.8 cm³/mol. The number of hydrogen-bond donors (Lipinski definition) is 1. The molecule has 2 N–H and O–H groups in total. The number of halogens is 2. The van der Waals surface area contributed by atoms with Crippen LogP contribution in [0.15, 0.2) is 24.5 Å². The van der Waals surface area contributed by atoms with Gasteiger partial charge < -0.3 is 15.4 Å². The highest BCUT2D eigenvalue weighted by Crippen LogP contribution is 2.30. The molecule has 8 heteroatoms. The Morgan fingerprint density at radius 3 is 2.95 bits per heavy atom. The van der Waals surface area contributed by atoms with E-state index in [1.54, 1.807) is 11.0 Å². The maximum atomic E-state index is 12.7. The van der Waals surface area contributed by atoms with Crippen LogP contribution in [0.25, 0.3) is 0 Å². The van der Waals surface area contributed by atoms with Crippen LogP contribution in [0, 0.1) is 3.57 Å². The van der Waals surface area contributed by atoms with E-state index in [1.807, 2.05) is 12.1 Å². The largest absolute Gasteiger partial charge is 0.475 e. The molecule has 108 valence electrons. The van der Waals surface area contributed by atoms with Gasteiger partial charge in [0.05, 0.1) is 11.6 Å². The molecule has 2 aromatic rings. The molecule has 0 spiro atoms. The fourth-order valence-corrected chi connectivity index (χ4v) is 2.57. The van der Waals surface area contributed by atoms with Crippen molar-refractivity contribution < 1.29 is 9.53 Å². The second kappa shape index (κ2) is 5.64. The van der Waals surface area contributed by atoms with Gasteiger partial charge in [-0.2, -0.15) is 0 Å². The molecule has 1 aromatic carbocycles. The lowest BCUT2D eigenvalue weighted by atomic mass is 10.2. The number of amides is 1. The average molecular weight is 417 g/mol. The Morgan fingerprint density at radius 2 is 2.19 bits per heavy atom. The maximum Gasteiger partial charge on any atom is 0.267 e. The minimum Gasteiger partial charge on any atom is -0.475 e. The summed E-state index contributed by atoms with van der Waals surface area (Å²) in [7, 11) is 0. The molecule has 0 radical (unpaired) electrons. The molecule has 1 amide bonds. The number of anilines is 2. The van der Waals surface area contributed by atoms with Crippen molar-refractivity contribution >= 4 is 51.6 Å². The first-order chi connectivity index (χ1) is 10.1. The van der Waals surface area contributed by atoms with Gasteiger partial charge in [-0.15, -0.1) is 0 Å². The van der Waals surface area contributed by atoms with Crippen molar-refractivity contribution in [2.75, 3.05) is 23.8 Å². The zero-order valence-electron chi connectivity index (χ0n) is 10.7. The number of hydrogen-bond acceptors (Lipinski definition) is 5. The van der Waals surface area contributed by atoms with Crippen molar-refractivity contribution in [3.05, 3.63) is 38.7 Å². The molecule has 3 rings (SSSR count). The fraction of sp³-hybridized carbons (Fsp3) is 0.154. The standard InChI is InChI=1S/C13H10ClIN4O2/c14-8-5-7(1-2-9(8)15)19-3-4-21-12-10(13(19)20)11(16)17-6-18-12/h1-2,5-6H,3-4H2,(H2,16,17,18). The van der Waals surface area contributed by atoms with Crippen LogP contribution in [0.2, 0.25) is 5.02 Å². The van der Waals surface area contributed by atoms with Gasteiger partial charge in [-0.3, -0.25) is 4.79 Å². The van der Waals surface area contributed by atoms with Gasteiger partial charge in [0.2, 0.25) is 5.88 Å². The number of benzene rings is 1. The summed E-state index contributed by atoms with van der Waals surface area (Å²) < 4.78 is 6.39. The summed E-state index contributed by atoms with van der Waals surface area (Å²) in [6.45, 7) is 0.699. The van der Waals surface area contributed by atoms with Crippen molar-refractivity contribution in [1.82, 2.24) is 9.97 Å². The van der Waals surface area contributed by atoms with Gasteiger partial charge in [0.1, 0.15) is 24.3 Å². The van der Waals surface area contributed by atoms with Crippen LogP contribution < -0.4 is 15.4 Å². The highest BCUT2D eigenvalue weighted by atomic mass is 127. The van der Waals surface area contributed by atoms with E-state index in [-0.39, 0.29) is 23.2 Å². The molecule has 2 heterocycles. The van der Waals surface area contributed by atoms with Crippen molar-refractivity contribution in [3.8, 4) is 5.88 Å². The number of carbonyl (C=O) groups is 1. The van der Waals surface area contributed by atoms with Crippen LogP contribution >= 0.6 is 34.2 Å². The molecule has 0 saturated heterocycles. The number of nitrogens with two attached hydrogens (primary N) is 1. The van der Waals surface area contributed by atoms with Crippen molar-refractivity contribution in [1.29, 1.82) is 0 Å². The Morgan fingerprint density at radius 1 is 1.38 bits per heavy atom. The molecule has 0 fully saturated rings. The van der Waals surface area contributed by atoms with Crippen LogP contribution in [-0.4, -0.2) is 29.0 Å². The number of nitrogens with zero attached hydrogens (tertiary/aromatic N) is 3. The third-order valence-corrected chi connectivity index (χ3v) is 4.64. The normalized spacial score (nSPS) is 14.4. The Kier molecular flexibility index (Phi) is 3.85. The van der Waals surface area contributed by atoms with E-state index in [2.05, 4.69) is 32.6 Å². The molecule has 21 heavy (non-hydrogen) atoms.